The van der Waals surface area contributed by atoms with Gasteiger partial charge in [-0.15, -0.1) is 0 Å². The number of nitrogens with zero attached hydrogens (tertiary/aromatic N) is 8. The van der Waals surface area contributed by atoms with Crippen molar-refractivity contribution in [1.82, 2.24) is 39.4 Å². The molecule has 0 unspecified atom stereocenters. The van der Waals surface area contributed by atoms with Gasteiger partial charge in [-0.2, -0.15) is 10.4 Å². The summed E-state index contributed by atoms with van der Waals surface area (Å²) < 4.78 is 29.0. The van der Waals surface area contributed by atoms with Gasteiger partial charge < -0.3 is 14.8 Å². The minimum absolute atomic E-state index is 0.124. The van der Waals surface area contributed by atoms with Crippen molar-refractivity contribution in [3.05, 3.63) is 65.9 Å². The Labute approximate surface area is 242 Å². The Morgan fingerprint density at radius 2 is 2.00 bits per heavy atom. The summed E-state index contributed by atoms with van der Waals surface area (Å²) in [6.07, 6.45) is 6.37. The molecule has 10 nitrogen and oxygen atoms in total. The SMILES string of the molecule is CN(C)Cc1cc(C(=O)N2CCC(N3CC(CC#N)(n4cc(-c5ncnc6[nH]ccc56)cn4)C3)CC2)cc(C(F)F)c1. The standard InChI is InChI=1S/C30H33F2N9O/c1-38(2)15-20-11-21(27(31)32)13-22(12-20)29(42)39-9-4-24(5-10-39)40-17-30(18-40,6-7-33)41-16-23(14-37-41)26-25-3-8-34-28(25)36-19-35-26/h3,8,11-14,16,19,24,27H,4-6,9-10,15,17-18H2,1-2H3,(H,34,35,36). The third-order valence-corrected chi connectivity index (χ3v) is 8.38. The summed E-state index contributed by atoms with van der Waals surface area (Å²) in [4.78, 5) is 31.2. The first-order chi connectivity index (χ1) is 20.3. The Morgan fingerprint density at radius 1 is 1.21 bits per heavy atom. The van der Waals surface area contributed by atoms with Crippen molar-refractivity contribution in [1.29, 1.82) is 5.26 Å². The highest BCUT2D eigenvalue weighted by Crippen LogP contribution is 2.37. The van der Waals surface area contributed by atoms with Gasteiger partial charge in [0.15, 0.2) is 0 Å². The van der Waals surface area contributed by atoms with Crippen molar-refractivity contribution in [3.8, 4) is 17.3 Å². The third-order valence-electron chi connectivity index (χ3n) is 8.38. The number of benzene rings is 1. The zero-order chi connectivity index (χ0) is 29.4. The molecular formula is C30H33F2N9O. The van der Waals surface area contributed by atoms with E-state index in [0.29, 0.717) is 50.3 Å². The molecule has 1 N–H and O–H groups in total. The minimum Gasteiger partial charge on any atom is -0.346 e. The number of aromatic amines is 1. The second kappa shape index (κ2) is 11.2. The summed E-state index contributed by atoms with van der Waals surface area (Å²) in [5, 5.41) is 15.2. The maximum atomic E-state index is 13.6. The lowest BCUT2D eigenvalue weighted by molar-refractivity contribution is -0.0412. The number of rotatable bonds is 8. The number of carbonyl (C=O) groups excluding carboxylic acids is 1. The Balaban J connectivity index is 1.11. The van der Waals surface area contributed by atoms with Crippen molar-refractivity contribution < 1.29 is 13.6 Å². The molecule has 0 saturated carbocycles. The van der Waals surface area contributed by atoms with Gasteiger partial charge in [0.05, 0.1) is 24.4 Å². The number of hydrogen-bond acceptors (Lipinski definition) is 7. The van der Waals surface area contributed by atoms with E-state index in [-0.39, 0.29) is 17.5 Å². The highest BCUT2D eigenvalue weighted by Gasteiger charge is 2.48. The largest absolute Gasteiger partial charge is 0.346 e. The normalized spacial score (nSPS) is 17.6. The number of alkyl halides is 2. The first kappa shape index (κ1) is 27.9. The molecule has 0 atom stereocenters. The van der Waals surface area contributed by atoms with Crippen molar-refractivity contribution in [2.75, 3.05) is 40.3 Å². The van der Waals surface area contributed by atoms with Crippen LogP contribution in [0.2, 0.25) is 0 Å². The number of hydrogen-bond donors (Lipinski definition) is 1. The van der Waals surface area contributed by atoms with Gasteiger partial charge in [-0.1, -0.05) is 0 Å². The number of fused-ring (bicyclic) bond motifs is 1. The van der Waals surface area contributed by atoms with Crippen molar-refractivity contribution in [2.24, 2.45) is 0 Å². The first-order valence-corrected chi connectivity index (χ1v) is 14.1. The van der Waals surface area contributed by atoms with Gasteiger partial charge in [0, 0.05) is 73.2 Å². The Morgan fingerprint density at radius 3 is 2.71 bits per heavy atom. The first-order valence-electron chi connectivity index (χ1n) is 14.1. The number of likely N-dealkylation sites (tertiary alicyclic amines) is 2. The molecule has 0 radical (unpaired) electrons. The predicted octanol–water partition coefficient (Wildman–Crippen LogP) is 4.05. The number of aromatic nitrogens is 5. The molecule has 2 fully saturated rings. The summed E-state index contributed by atoms with van der Waals surface area (Å²) in [5.74, 6) is -0.205. The summed E-state index contributed by atoms with van der Waals surface area (Å²) in [6.45, 7) is 2.97. The highest BCUT2D eigenvalue weighted by atomic mass is 19.3. The topological polar surface area (TPSA) is 110 Å². The van der Waals surface area contributed by atoms with Crippen LogP contribution in [0.1, 0.15) is 47.2 Å². The van der Waals surface area contributed by atoms with Crippen LogP contribution in [0.25, 0.3) is 22.3 Å². The molecule has 5 heterocycles. The number of carbonyl (C=O) groups is 1. The molecule has 12 heteroatoms. The van der Waals surface area contributed by atoms with E-state index in [2.05, 4.69) is 31.0 Å². The monoisotopic (exact) mass is 573 g/mol. The number of H-pyrrole nitrogens is 1. The van der Waals surface area contributed by atoms with Crippen LogP contribution in [0.15, 0.2) is 49.2 Å². The van der Waals surface area contributed by atoms with Crippen LogP contribution in [-0.2, 0) is 12.1 Å². The van der Waals surface area contributed by atoms with Crippen molar-refractivity contribution in [3.63, 3.8) is 0 Å². The zero-order valence-electron chi connectivity index (χ0n) is 23.7. The van der Waals surface area contributed by atoms with Crippen molar-refractivity contribution >= 4 is 16.9 Å². The van der Waals surface area contributed by atoms with Crippen LogP contribution in [0.5, 0.6) is 0 Å². The molecule has 42 heavy (non-hydrogen) atoms. The van der Waals surface area contributed by atoms with Gasteiger partial charge in [0.1, 0.15) is 17.5 Å². The lowest BCUT2D eigenvalue weighted by Gasteiger charge is -2.53. The lowest BCUT2D eigenvalue weighted by Crippen LogP contribution is -2.66. The van der Waals surface area contributed by atoms with Gasteiger partial charge in [-0.25, -0.2) is 18.7 Å². The molecule has 1 amide bonds. The van der Waals surface area contributed by atoms with E-state index in [4.69, 9.17) is 0 Å². The van der Waals surface area contributed by atoms with Crippen LogP contribution in [0, 0.1) is 11.3 Å². The van der Waals surface area contributed by atoms with Crippen LogP contribution in [0.3, 0.4) is 0 Å². The molecule has 2 saturated heterocycles. The molecular weight excluding hydrogens is 540 g/mol. The maximum absolute atomic E-state index is 13.6. The van der Waals surface area contributed by atoms with E-state index in [1.807, 2.05) is 42.1 Å². The number of nitriles is 1. The number of halogens is 2. The summed E-state index contributed by atoms with van der Waals surface area (Å²) in [5.41, 5.74) is 2.88. The van der Waals surface area contributed by atoms with E-state index in [9.17, 15) is 18.8 Å². The molecule has 0 bridgehead atoms. The number of amides is 1. The fourth-order valence-electron chi connectivity index (χ4n) is 6.30. The minimum atomic E-state index is -2.63. The van der Waals surface area contributed by atoms with Gasteiger partial charge in [-0.05, 0) is 56.8 Å². The van der Waals surface area contributed by atoms with E-state index in [1.165, 1.54) is 18.5 Å². The van der Waals surface area contributed by atoms with Gasteiger partial charge in [0.2, 0.25) is 0 Å². The van der Waals surface area contributed by atoms with Crippen molar-refractivity contribution in [2.45, 2.75) is 43.8 Å². The fourth-order valence-corrected chi connectivity index (χ4v) is 6.30. The highest BCUT2D eigenvalue weighted by molar-refractivity contribution is 5.94. The average molecular weight is 574 g/mol. The summed E-state index contributed by atoms with van der Waals surface area (Å²) in [7, 11) is 3.74. The lowest BCUT2D eigenvalue weighted by atomic mass is 9.83. The maximum Gasteiger partial charge on any atom is 0.263 e. The van der Waals surface area contributed by atoms with E-state index in [1.54, 1.807) is 17.2 Å². The van der Waals surface area contributed by atoms with Crippen LogP contribution in [-0.4, -0.2) is 91.7 Å². The smallest absolute Gasteiger partial charge is 0.263 e. The van der Waals surface area contributed by atoms with Gasteiger partial charge >= 0.3 is 0 Å². The van der Waals surface area contributed by atoms with E-state index in [0.717, 1.165) is 35.1 Å². The summed E-state index contributed by atoms with van der Waals surface area (Å²) in [6, 6.07) is 9.09. The van der Waals surface area contributed by atoms with Crippen LogP contribution >= 0.6 is 0 Å². The molecule has 2 aliphatic heterocycles. The predicted molar refractivity (Wildman–Crippen MR) is 153 cm³/mol. The van der Waals surface area contributed by atoms with Crippen LogP contribution < -0.4 is 0 Å². The Bertz CT molecular complexity index is 1620. The van der Waals surface area contributed by atoms with Gasteiger partial charge in [-0.3, -0.25) is 14.4 Å². The second-order valence-corrected chi connectivity index (χ2v) is 11.6. The molecule has 218 valence electrons. The number of piperidine rings is 1. The molecule has 2 aliphatic rings. The molecule has 6 rings (SSSR count). The third kappa shape index (κ3) is 5.26. The average Bonchev–Trinajstić information content (AvgIpc) is 3.64. The zero-order valence-corrected chi connectivity index (χ0v) is 23.7. The van der Waals surface area contributed by atoms with E-state index < -0.39 is 12.0 Å². The Hall–Kier alpha value is -4.21. The number of nitrogens with one attached hydrogen (secondary N) is 1. The molecule has 0 spiro atoms. The molecule has 1 aromatic carbocycles. The molecule has 4 aromatic rings. The Kier molecular flexibility index (Phi) is 7.47. The van der Waals surface area contributed by atoms with E-state index >= 15 is 0 Å². The van der Waals surface area contributed by atoms with Gasteiger partial charge in [0.25, 0.3) is 12.3 Å². The summed E-state index contributed by atoms with van der Waals surface area (Å²) >= 11 is 0. The second-order valence-electron chi connectivity index (χ2n) is 11.6. The van der Waals surface area contributed by atoms with Crippen LogP contribution in [0.4, 0.5) is 8.78 Å². The molecule has 3 aromatic heterocycles. The molecule has 0 aliphatic carbocycles. The quantitative estimate of drug-likeness (QED) is 0.339. The fraction of sp³-hybridized carbons (Fsp3) is 0.433.